The summed E-state index contributed by atoms with van der Waals surface area (Å²) in [4.78, 5) is 32.8. The molecule has 4 aromatic rings. The van der Waals surface area contributed by atoms with Crippen LogP contribution < -0.4 is 11.1 Å². The van der Waals surface area contributed by atoms with Gasteiger partial charge < -0.3 is 20.4 Å². The number of benzene rings is 2. The molecule has 196 valence electrons. The van der Waals surface area contributed by atoms with Crippen LogP contribution in [-0.2, 0) is 12.0 Å². The van der Waals surface area contributed by atoms with Crippen LogP contribution in [0.2, 0.25) is 0 Å². The Morgan fingerprint density at radius 3 is 2.66 bits per heavy atom. The first-order valence-corrected chi connectivity index (χ1v) is 13.4. The number of carbonyl (C=O) groups is 2. The molecule has 2 amide bonds. The van der Waals surface area contributed by atoms with Gasteiger partial charge in [-0.25, -0.2) is 4.98 Å². The summed E-state index contributed by atoms with van der Waals surface area (Å²) in [5, 5.41) is 14.0. The number of likely N-dealkylation sites (tertiary alicyclic amines) is 1. The quantitative estimate of drug-likeness (QED) is 0.366. The highest BCUT2D eigenvalue weighted by molar-refractivity contribution is 7.09. The Balaban J connectivity index is 1.47. The predicted octanol–water partition coefficient (Wildman–Crippen LogP) is 4.26. The molecule has 0 bridgehead atoms. The number of hydrogen-bond acceptors (Lipinski definition) is 8. The lowest BCUT2D eigenvalue weighted by Gasteiger charge is -2.23. The van der Waals surface area contributed by atoms with E-state index in [0.29, 0.717) is 29.7 Å². The van der Waals surface area contributed by atoms with E-state index in [2.05, 4.69) is 20.5 Å². The second kappa shape index (κ2) is 10.5. The van der Waals surface area contributed by atoms with Crippen LogP contribution in [0.1, 0.15) is 68.7 Å². The normalized spacial score (nSPS) is 16.8. The zero-order valence-corrected chi connectivity index (χ0v) is 22.4. The van der Waals surface area contributed by atoms with Crippen molar-refractivity contribution in [3.63, 3.8) is 0 Å². The van der Waals surface area contributed by atoms with Crippen molar-refractivity contribution >= 4 is 23.2 Å². The van der Waals surface area contributed by atoms with E-state index in [0.717, 1.165) is 29.1 Å². The Labute approximate surface area is 225 Å². The molecule has 10 heteroatoms. The fourth-order valence-electron chi connectivity index (χ4n) is 4.77. The van der Waals surface area contributed by atoms with E-state index >= 15 is 0 Å². The highest BCUT2D eigenvalue weighted by Crippen LogP contribution is 2.35. The minimum atomic E-state index is -0.904. The van der Waals surface area contributed by atoms with Gasteiger partial charge >= 0.3 is 0 Å². The van der Waals surface area contributed by atoms with Crippen LogP contribution in [0.4, 0.5) is 0 Å². The first kappa shape index (κ1) is 25.7. The summed E-state index contributed by atoms with van der Waals surface area (Å²) in [5.41, 5.74) is 8.83. The molecule has 0 spiro atoms. The van der Waals surface area contributed by atoms with E-state index in [9.17, 15) is 9.59 Å². The number of nitrogens with one attached hydrogen (secondary N) is 1. The minimum Gasteiger partial charge on any atom is -0.419 e. The number of aromatic nitrogens is 3. The molecule has 1 saturated heterocycles. The minimum absolute atomic E-state index is 0.0840. The molecule has 1 fully saturated rings. The van der Waals surface area contributed by atoms with E-state index in [1.54, 1.807) is 36.6 Å². The van der Waals surface area contributed by atoms with Crippen molar-refractivity contribution in [3.05, 3.63) is 87.2 Å². The van der Waals surface area contributed by atoms with Crippen LogP contribution in [0.3, 0.4) is 0 Å². The Bertz CT molecular complexity index is 1460. The first-order chi connectivity index (χ1) is 18.2. The zero-order valence-electron chi connectivity index (χ0n) is 21.6. The van der Waals surface area contributed by atoms with Gasteiger partial charge in [-0.3, -0.25) is 9.59 Å². The lowest BCUT2D eigenvalue weighted by atomic mass is 9.94. The topological polar surface area (TPSA) is 127 Å². The highest BCUT2D eigenvalue weighted by Gasteiger charge is 2.33. The van der Waals surface area contributed by atoms with Crippen LogP contribution in [-0.4, -0.2) is 45.5 Å². The first-order valence-electron chi connectivity index (χ1n) is 12.5. The second-order valence-corrected chi connectivity index (χ2v) is 10.7. The number of nitrogens with two attached hydrogens (primary N) is 1. The van der Waals surface area contributed by atoms with Crippen LogP contribution >= 0.6 is 11.3 Å². The van der Waals surface area contributed by atoms with Crippen molar-refractivity contribution in [2.75, 3.05) is 13.6 Å². The maximum absolute atomic E-state index is 13.7. The molecular weight excluding hydrogens is 500 g/mol. The smallest absolute Gasteiger partial charge is 0.254 e. The number of rotatable bonds is 7. The molecule has 2 aromatic heterocycles. The summed E-state index contributed by atoms with van der Waals surface area (Å²) in [7, 11) is 1.55. The third-order valence-corrected chi connectivity index (χ3v) is 7.74. The van der Waals surface area contributed by atoms with E-state index < -0.39 is 5.54 Å². The Kier molecular flexibility index (Phi) is 7.09. The molecule has 0 radical (unpaired) electrons. The SMILES string of the molecule is CNC(=O)c1cc(C(=O)N2CCCC2c2nc(C)cs2)cc(-c2nnc(C(C)(N)Cc3ccccc3)o2)c1. The molecular formula is C28H30N6O3S. The van der Waals surface area contributed by atoms with Gasteiger partial charge in [-0.05, 0) is 56.9 Å². The van der Waals surface area contributed by atoms with Crippen molar-refractivity contribution in [1.29, 1.82) is 0 Å². The number of amides is 2. The molecule has 5 rings (SSSR count). The summed E-state index contributed by atoms with van der Waals surface area (Å²) in [5.74, 6) is -0.0203. The lowest BCUT2D eigenvalue weighted by Crippen LogP contribution is -2.35. The molecule has 0 aliphatic carbocycles. The molecule has 2 aromatic carbocycles. The number of aryl methyl sites for hydroxylation is 1. The number of nitrogens with zero attached hydrogens (tertiary/aromatic N) is 4. The van der Waals surface area contributed by atoms with Crippen molar-refractivity contribution in [2.24, 2.45) is 5.73 Å². The highest BCUT2D eigenvalue weighted by atomic mass is 32.1. The molecule has 9 nitrogen and oxygen atoms in total. The fourth-order valence-corrected chi connectivity index (χ4v) is 5.72. The zero-order chi connectivity index (χ0) is 26.9. The average Bonchev–Trinajstić information content (AvgIpc) is 3.68. The molecule has 38 heavy (non-hydrogen) atoms. The lowest BCUT2D eigenvalue weighted by molar-refractivity contribution is 0.0735. The average molecular weight is 531 g/mol. The standard InChI is InChI=1S/C28H30N6O3S/c1-17-16-38-25(31-17)22-10-7-11-34(22)26(36)21-13-19(23(35)30-3)12-20(14-21)24-32-33-27(37-24)28(2,29)15-18-8-5-4-6-9-18/h4-6,8-9,12-14,16,22H,7,10-11,15,29H2,1-3H3,(H,30,35). The van der Waals surface area contributed by atoms with Crippen LogP contribution in [0.5, 0.6) is 0 Å². The summed E-state index contributed by atoms with van der Waals surface area (Å²) >= 11 is 1.57. The van der Waals surface area contributed by atoms with Crippen molar-refractivity contribution in [2.45, 2.75) is 44.7 Å². The van der Waals surface area contributed by atoms with Gasteiger partial charge in [0.05, 0.1) is 11.6 Å². The Morgan fingerprint density at radius 1 is 1.18 bits per heavy atom. The second-order valence-electron chi connectivity index (χ2n) is 9.85. The van der Waals surface area contributed by atoms with Gasteiger partial charge in [-0.1, -0.05) is 30.3 Å². The van der Waals surface area contributed by atoms with Gasteiger partial charge in [0.1, 0.15) is 5.01 Å². The van der Waals surface area contributed by atoms with Crippen LogP contribution in [0, 0.1) is 6.92 Å². The molecule has 2 atom stereocenters. The van der Waals surface area contributed by atoms with E-state index in [1.807, 2.05) is 54.5 Å². The van der Waals surface area contributed by atoms with E-state index in [-0.39, 0.29) is 29.6 Å². The number of hydrogen-bond donors (Lipinski definition) is 2. The third-order valence-electron chi connectivity index (χ3n) is 6.68. The largest absolute Gasteiger partial charge is 0.419 e. The Hall–Kier alpha value is -3.89. The van der Waals surface area contributed by atoms with Gasteiger partial charge in [0.2, 0.25) is 11.8 Å². The molecule has 3 N–H and O–H groups in total. The number of carbonyl (C=O) groups excluding carboxylic acids is 2. The van der Waals surface area contributed by atoms with Crippen LogP contribution in [0.25, 0.3) is 11.5 Å². The fraction of sp³-hybridized carbons (Fsp3) is 0.321. The third kappa shape index (κ3) is 5.23. The molecule has 2 unspecified atom stereocenters. The summed E-state index contributed by atoms with van der Waals surface area (Å²) < 4.78 is 6.02. The van der Waals surface area contributed by atoms with Crippen LogP contribution in [0.15, 0.2) is 58.3 Å². The van der Waals surface area contributed by atoms with Gasteiger partial charge in [0.15, 0.2) is 0 Å². The molecule has 1 aliphatic rings. The maximum atomic E-state index is 13.7. The predicted molar refractivity (Wildman–Crippen MR) is 145 cm³/mol. The van der Waals surface area contributed by atoms with Gasteiger partial charge in [-0.2, -0.15) is 0 Å². The number of thiazole rings is 1. The van der Waals surface area contributed by atoms with Gasteiger partial charge in [-0.15, -0.1) is 21.5 Å². The van der Waals surface area contributed by atoms with Gasteiger partial charge in [0.25, 0.3) is 11.8 Å². The molecule has 3 heterocycles. The van der Waals surface area contributed by atoms with E-state index in [1.165, 1.54) is 0 Å². The summed E-state index contributed by atoms with van der Waals surface area (Å²) in [6.07, 6.45) is 2.24. The monoisotopic (exact) mass is 530 g/mol. The summed E-state index contributed by atoms with van der Waals surface area (Å²) in [6, 6.07) is 14.7. The van der Waals surface area contributed by atoms with Crippen molar-refractivity contribution in [1.82, 2.24) is 25.4 Å². The van der Waals surface area contributed by atoms with Crippen molar-refractivity contribution in [3.8, 4) is 11.5 Å². The maximum Gasteiger partial charge on any atom is 0.254 e. The van der Waals surface area contributed by atoms with Gasteiger partial charge in [0, 0.05) is 41.4 Å². The van der Waals surface area contributed by atoms with E-state index in [4.69, 9.17) is 10.2 Å². The Morgan fingerprint density at radius 2 is 1.95 bits per heavy atom. The molecule has 0 saturated carbocycles. The molecule has 1 aliphatic heterocycles. The summed E-state index contributed by atoms with van der Waals surface area (Å²) in [6.45, 7) is 4.41. The van der Waals surface area contributed by atoms with Crippen molar-refractivity contribution < 1.29 is 14.0 Å².